The molecule has 0 amide bonds. The first-order valence-corrected chi connectivity index (χ1v) is 4.47. The average Bonchev–Trinajstić information content (AvgIpc) is 2.22. The molecule has 2 aromatic rings. The standard InChI is InChI=1S/C11H9NO3/c1-7(13)15-10-6-12-9-5-3-2-4-8(9)11(10)14/h2-6H,1H3,(H,12,14). The van der Waals surface area contributed by atoms with Gasteiger partial charge in [0.1, 0.15) is 0 Å². The maximum Gasteiger partial charge on any atom is 0.308 e. The molecule has 15 heavy (non-hydrogen) atoms. The number of aromatic amines is 1. The fraction of sp³-hybridized carbons (Fsp3) is 0.0909. The number of aromatic nitrogens is 1. The van der Waals surface area contributed by atoms with Gasteiger partial charge in [0.2, 0.25) is 5.43 Å². The predicted molar refractivity (Wildman–Crippen MR) is 55.9 cm³/mol. The van der Waals surface area contributed by atoms with Gasteiger partial charge >= 0.3 is 5.97 Å². The van der Waals surface area contributed by atoms with E-state index in [-0.39, 0.29) is 11.2 Å². The van der Waals surface area contributed by atoms with Gasteiger partial charge in [-0.05, 0) is 12.1 Å². The fourth-order valence-electron chi connectivity index (χ4n) is 1.38. The summed E-state index contributed by atoms with van der Waals surface area (Å²) < 4.78 is 4.77. The van der Waals surface area contributed by atoms with Gasteiger partial charge < -0.3 is 9.72 Å². The minimum atomic E-state index is -0.504. The lowest BCUT2D eigenvalue weighted by molar-refractivity contribution is -0.131. The monoisotopic (exact) mass is 203 g/mol. The Bertz CT molecular complexity index is 571. The molecule has 0 unspecified atom stereocenters. The lowest BCUT2D eigenvalue weighted by Gasteiger charge is -2.01. The van der Waals surface area contributed by atoms with Crippen molar-refractivity contribution in [2.45, 2.75) is 6.92 Å². The first-order chi connectivity index (χ1) is 7.18. The summed E-state index contributed by atoms with van der Waals surface area (Å²) in [5.41, 5.74) is 0.443. The Kier molecular flexibility index (Phi) is 2.25. The molecule has 1 aromatic heterocycles. The van der Waals surface area contributed by atoms with Gasteiger partial charge in [-0.3, -0.25) is 9.59 Å². The predicted octanol–water partition coefficient (Wildman–Crippen LogP) is 1.45. The van der Waals surface area contributed by atoms with Crippen LogP contribution < -0.4 is 10.2 Å². The molecule has 0 aliphatic heterocycles. The van der Waals surface area contributed by atoms with Crippen molar-refractivity contribution in [3.63, 3.8) is 0 Å². The van der Waals surface area contributed by atoms with Crippen molar-refractivity contribution in [3.8, 4) is 5.75 Å². The topological polar surface area (TPSA) is 59.2 Å². The van der Waals surface area contributed by atoms with E-state index in [1.807, 2.05) is 6.07 Å². The van der Waals surface area contributed by atoms with E-state index in [0.29, 0.717) is 5.39 Å². The number of H-pyrrole nitrogens is 1. The van der Waals surface area contributed by atoms with Crippen molar-refractivity contribution in [1.82, 2.24) is 4.98 Å². The number of benzene rings is 1. The van der Waals surface area contributed by atoms with E-state index in [9.17, 15) is 9.59 Å². The molecule has 0 spiro atoms. The van der Waals surface area contributed by atoms with Crippen LogP contribution >= 0.6 is 0 Å². The van der Waals surface area contributed by atoms with Crippen LogP contribution in [0.2, 0.25) is 0 Å². The number of hydrogen-bond donors (Lipinski definition) is 1. The second kappa shape index (κ2) is 3.57. The Morgan fingerprint density at radius 2 is 2.07 bits per heavy atom. The third-order valence-corrected chi connectivity index (χ3v) is 2.01. The van der Waals surface area contributed by atoms with E-state index in [1.54, 1.807) is 18.2 Å². The van der Waals surface area contributed by atoms with Gasteiger partial charge in [0.05, 0.1) is 0 Å². The largest absolute Gasteiger partial charge is 0.421 e. The van der Waals surface area contributed by atoms with Crippen LogP contribution in [0.3, 0.4) is 0 Å². The first kappa shape index (κ1) is 9.45. The minimum absolute atomic E-state index is 0.0289. The number of nitrogens with one attached hydrogen (secondary N) is 1. The van der Waals surface area contributed by atoms with Crippen LogP contribution in [0, 0.1) is 0 Å². The van der Waals surface area contributed by atoms with E-state index in [0.717, 1.165) is 5.52 Å². The summed E-state index contributed by atoms with van der Waals surface area (Å²) in [5, 5.41) is 0.510. The van der Waals surface area contributed by atoms with Crippen LogP contribution in [-0.2, 0) is 4.79 Å². The van der Waals surface area contributed by atoms with E-state index in [1.165, 1.54) is 13.1 Å². The first-order valence-electron chi connectivity index (χ1n) is 4.47. The number of para-hydroxylation sites is 1. The SMILES string of the molecule is CC(=O)Oc1c[nH]c2ccccc2c1=O. The minimum Gasteiger partial charge on any atom is -0.421 e. The van der Waals surface area contributed by atoms with Crippen molar-refractivity contribution in [2.75, 3.05) is 0 Å². The number of carbonyl (C=O) groups is 1. The number of pyridine rings is 1. The molecule has 0 fully saturated rings. The number of rotatable bonds is 1. The Hall–Kier alpha value is -2.10. The molecular formula is C11H9NO3. The van der Waals surface area contributed by atoms with Gasteiger partial charge in [0.25, 0.3) is 0 Å². The summed E-state index contributed by atoms with van der Waals surface area (Å²) in [4.78, 5) is 25.4. The highest BCUT2D eigenvalue weighted by Gasteiger charge is 2.06. The fourth-order valence-corrected chi connectivity index (χ4v) is 1.38. The van der Waals surface area contributed by atoms with E-state index in [2.05, 4.69) is 4.98 Å². The zero-order chi connectivity index (χ0) is 10.8. The van der Waals surface area contributed by atoms with Gasteiger partial charge in [0.15, 0.2) is 5.75 Å². The van der Waals surface area contributed by atoms with Crippen LogP contribution in [-0.4, -0.2) is 11.0 Å². The highest BCUT2D eigenvalue weighted by Crippen LogP contribution is 2.10. The van der Waals surface area contributed by atoms with Gasteiger partial charge in [-0.15, -0.1) is 0 Å². The Labute approximate surface area is 85.5 Å². The molecule has 0 radical (unpaired) electrons. The molecule has 0 aliphatic carbocycles. The number of ether oxygens (including phenoxy) is 1. The highest BCUT2D eigenvalue weighted by molar-refractivity contribution is 5.80. The summed E-state index contributed by atoms with van der Waals surface area (Å²) >= 11 is 0. The van der Waals surface area contributed by atoms with Crippen molar-refractivity contribution < 1.29 is 9.53 Å². The smallest absolute Gasteiger partial charge is 0.308 e. The summed E-state index contributed by atoms with van der Waals surface area (Å²) in [6, 6.07) is 7.05. The molecule has 0 aliphatic rings. The van der Waals surface area contributed by atoms with E-state index in [4.69, 9.17) is 4.74 Å². The number of carbonyl (C=O) groups excluding carboxylic acids is 1. The van der Waals surface area contributed by atoms with Gasteiger partial charge in [-0.1, -0.05) is 12.1 Å². The average molecular weight is 203 g/mol. The molecule has 1 N–H and O–H groups in total. The molecule has 0 bridgehead atoms. The Balaban J connectivity index is 2.65. The van der Waals surface area contributed by atoms with Crippen molar-refractivity contribution in [3.05, 3.63) is 40.7 Å². The van der Waals surface area contributed by atoms with E-state index >= 15 is 0 Å². The third-order valence-electron chi connectivity index (χ3n) is 2.01. The Morgan fingerprint density at radius 1 is 1.33 bits per heavy atom. The molecule has 1 aromatic carbocycles. The second-order valence-electron chi connectivity index (χ2n) is 3.12. The summed E-state index contributed by atoms with van der Waals surface area (Å²) in [5.74, 6) is -0.475. The Morgan fingerprint density at radius 3 is 2.80 bits per heavy atom. The lowest BCUT2D eigenvalue weighted by Crippen LogP contribution is -2.12. The summed E-state index contributed by atoms with van der Waals surface area (Å²) in [7, 11) is 0. The number of esters is 1. The molecule has 76 valence electrons. The van der Waals surface area contributed by atoms with Gasteiger partial charge in [-0.2, -0.15) is 0 Å². The quantitative estimate of drug-likeness (QED) is 0.713. The van der Waals surface area contributed by atoms with Crippen LogP contribution in [0.15, 0.2) is 35.3 Å². The van der Waals surface area contributed by atoms with Crippen molar-refractivity contribution >= 4 is 16.9 Å². The third kappa shape index (κ3) is 1.74. The summed E-state index contributed by atoms with van der Waals surface area (Å²) in [6.07, 6.45) is 1.39. The molecule has 0 atom stereocenters. The number of fused-ring (bicyclic) bond motifs is 1. The highest BCUT2D eigenvalue weighted by atomic mass is 16.5. The number of hydrogen-bond acceptors (Lipinski definition) is 3. The maximum atomic E-state index is 11.8. The normalized spacial score (nSPS) is 10.2. The molecule has 0 saturated heterocycles. The molecule has 4 nitrogen and oxygen atoms in total. The lowest BCUT2D eigenvalue weighted by atomic mass is 10.2. The van der Waals surface area contributed by atoms with Crippen molar-refractivity contribution in [1.29, 1.82) is 0 Å². The maximum absolute atomic E-state index is 11.8. The summed E-state index contributed by atoms with van der Waals surface area (Å²) in [6.45, 7) is 1.26. The van der Waals surface area contributed by atoms with Gasteiger partial charge in [-0.25, -0.2) is 0 Å². The molecule has 2 rings (SSSR count). The van der Waals surface area contributed by atoms with Crippen LogP contribution in [0.5, 0.6) is 5.75 Å². The molecule has 4 heteroatoms. The molecule has 0 saturated carbocycles. The van der Waals surface area contributed by atoms with Crippen LogP contribution in [0.4, 0.5) is 0 Å². The second-order valence-corrected chi connectivity index (χ2v) is 3.12. The zero-order valence-electron chi connectivity index (χ0n) is 8.11. The zero-order valence-corrected chi connectivity index (χ0v) is 8.11. The van der Waals surface area contributed by atoms with E-state index < -0.39 is 5.97 Å². The molecular weight excluding hydrogens is 194 g/mol. The molecule has 1 heterocycles. The van der Waals surface area contributed by atoms with Crippen LogP contribution in [0.25, 0.3) is 10.9 Å². The van der Waals surface area contributed by atoms with Gasteiger partial charge in [0, 0.05) is 24.0 Å². The van der Waals surface area contributed by atoms with Crippen LogP contribution in [0.1, 0.15) is 6.92 Å². The van der Waals surface area contributed by atoms with Crippen molar-refractivity contribution in [2.24, 2.45) is 0 Å².